The minimum atomic E-state index is 0.469. The number of benzene rings is 1. The van der Waals surface area contributed by atoms with E-state index in [4.69, 9.17) is 9.47 Å². The van der Waals surface area contributed by atoms with Crippen molar-refractivity contribution in [2.24, 2.45) is 7.05 Å². The van der Waals surface area contributed by atoms with Gasteiger partial charge in [0.2, 0.25) is 5.88 Å². The molecule has 0 atom stereocenters. The highest BCUT2D eigenvalue weighted by Gasteiger charge is 2.20. The summed E-state index contributed by atoms with van der Waals surface area (Å²) >= 11 is 3.93. The van der Waals surface area contributed by atoms with Gasteiger partial charge < -0.3 is 9.47 Å². The van der Waals surface area contributed by atoms with Gasteiger partial charge in [-0.05, 0) is 17.7 Å². The number of aromatic nitrogens is 4. The molecular weight excluding hydrogens is 344 g/mol. The largest absolute Gasteiger partial charge is 0.493 e. The molecule has 0 amide bonds. The van der Waals surface area contributed by atoms with Crippen molar-refractivity contribution >= 4 is 34.6 Å². The standard InChI is InChI=1S/C16H16N4O2S2/c1-20-14-11(8-19-20)15(18-9-17-14)22-12-4-3-10(7-13(12)21-2)16-23-5-6-24-16/h3-4,7-9,16H,5-6H2,1-2H3. The summed E-state index contributed by atoms with van der Waals surface area (Å²) in [6.07, 6.45) is 3.18. The maximum atomic E-state index is 6.00. The van der Waals surface area contributed by atoms with Gasteiger partial charge in [-0.3, -0.25) is 4.68 Å². The molecule has 24 heavy (non-hydrogen) atoms. The lowest BCUT2D eigenvalue weighted by atomic mass is 10.2. The lowest BCUT2D eigenvalue weighted by Crippen LogP contribution is -1.96. The lowest BCUT2D eigenvalue weighted by molar-refractivity contribution is 0.375. The summed E-state index contributed by atoms with van der Waals surface area (Å²) in [5.74, 6) is 4.20. The third-order valence-corrected chi connectivity index (χ3v) is 6.89. The highest BCUT2D eigenvalue weighted by atomic mass is 32.2. The average molecular weight is 360 g/mol. The van der Waals surface area contributed by atoms with Gasteiger partial charge in [0, 0.05) is 18.6 Å². The van der Waals surface area contributed by atoms with Crippen LogP contribution in [0.4, 0.5) is 0 Å². The Morgan fingerprint density at radius 1 is 1.17 bits per heavy atom. The normalized spacial score (nSPS) is 15.1. The third-order valence-electron chi connectivity index (χ3n) is 3.78. The first-order chi connectivity index (χ1) is 11.8. The topological polar surface area (TPSA) is 62.1 Å². The summed E-state index contributed by atoms with van der Waals surface area (Å²) in [7, 11) is 3.49. The van der Waals surface area contributed by atoms with Crippen molar-refractivity contribution in [2.75, 3.05) is 18.6 Å². The van der Waals surface area contributed by atoms with E-state index >= 15 is 0 Å². The molecule has 1 aliphatic heterocycles. The van der Waals surface area contributed by atoms with Crippen LogP contribution >= 0.6 is 23.5 Å². The monoisotopic (exact) mass is 360 g/mol. The zero-order valence-electron chi connectivity index (χ0n) is 13.3. The number of ether oxygens (including phenoxy) is 2. The van der Waals surface area contributed by atoms with E-state index < -0.39 is 0 Å². The van der Waals surface area contributed by atoms with E-state index in [1.165, 1.54) is 23.4 Å². The Hall–Kier alpha value is -1.93. The Kier molecular flexibility index (Phi) is 4.24. The predicted octanol–water partition coefficient (Wildman–Crippen LogP) is 3.64. The van der Waals surface area contributed by atoms with Crippen molar-refractivity contribution in [1.29, 1.82) is 0 Å². The molecule has 0 spiro atoms. The fraction of sp³-hybridized carbons (Fsp3) is 0.312. The smallest absolute Gasteiger partial charge is 0.233 e. The van der Waals surface area contributed by atoms with Crippen molar-refractivity contribution in [3.05, 3.63) is 36.3 Å². The summed E-state index contributed by atoms with van der Waals surface area (Å²) in [6.45, 7) is 0. The first kappa shape index (κ1) is 15.6. The molecule has 124 valence electrons. The molecule has 1 aromatic carbocycles. The molecule has 1 saturated heterocycles. The Labute approximate surface area is 148 Å². The zero-order valence-corrected chi connectivity index (χ0v) is 14.9. The number of thioether (sulfide) groups is 2. The van der Waals surface area contributed by atoms with Gasteiger partial charge in [-0.2, -0.15) is 5.10 Å². The second-order valence-corrected chi connectivity index (χ2v) is 7.99. The summed E-state index contributed by atoms with van der Waals surface area (Å²) in [5.41, 5.74) is 1.98. The quantitative estimate of drug-likeness (QED) is 0.704. The second-order valence-electron chi connectivity index (χ2n) is 5.27. The van der Waals surface area contributed by atoms with Crippen LogP contribution in [-0.2, 0) is 7.05 Å². The number of rotatable bonds is 4. The molecule has 8 heteroatoms. The maximum Gasteiger partial charge on any atom is 0.233 e. The molecule has 0 saturated carbocycles. The highest BCUT2D eigenvalue weighted by Crippen LogP contribution is 2.47. The van der Waals surface area contributed by atoms with E-state index in [-0.39, 0.29) is 0 Å². The van der Waals surface area contributed by atoms with Gasteiger partial charge in [0.15, 0.2) is 17.1 Å². The number of aryl methyl sites for hydroxylation is 1. The minimum Gasteiger partial charge on any atom is -0.493 e. The average Bonchev–Trinajstić information content (AvgIpc) is 3.26. The maximum absolute atomic E-state index is 6.00. The summed E-state index contributed by atoms with van der Waals surface area (Å²) in [5, 5.41) is 4.98. The molecule has 1 aliphatic rings. The Morgan fingerprint density at radius 2 is 2.00 bits per heavy atom. The molecule has 4 rings (SSSR count). The number of nitrogens with zero attached hydrogens (tertiary/aromatic N) is 4. The van der Waals surface area contributed by atoms with Crippen molar-refractivity contribution in [2.45, 2.75) is 4.58 Å². The molecule has 0 aliphatic carbocycles. The summed E-state index contributed by atoms with van der Waals surface area (Å²) < 4.78 is 13.7. The number of hydrogen-bond donors (Lipinski definition) is 0. The van der Waals surface area contributed by atoms with Crippen molar-refractivity contribution in [1.82, 2.24) is 19.7 Å². The van der Waals surface area contributed by atoms with Gasteiger partial charge in [-0.25, -0.2) is 9.97 Å². The van der Waals surface area contributed by atoms with Crippen LogP contribution in [0.5, 0.6) is 17.4 Å². The first-order valence-corrected chi connectivity index (χ1v) is 9.57. The molecule has 6 nitrogen and oxygen atoms in total. The SMILES string of the molecule is COc1cc(C2SCCS2)ccc1Oc1ncnc2c1cnn2C. The van der Waals surface area contributed by atoms with Crippen LogP contribution in [0, 0.1) is 0 Å². The van der Waals surface area contributed by atoms with Crippen LogP contribution in [-0.4, -0.2) is 38.4 Å². The molecular formula is C16H16N4O2S2. The first-order valence-electron chi connectivity index (χ1n) is 7.48. The van der Waals surface area contributed by atoms with Crippen molar-refractivity contribution in [3.8, 4) is 17.4 Å². The van der Waals surface area contributed by atoms with Gasteiger partial charge >= 0.3 is 0 Å². The van der Waals surface area contributed by atoms with Crippen LogP contribution in [0.25, 0.3) is 11.0 Å². The van der Waals surface area contributed by atoms with Gasteiger partial charge in [0.25, 0.3) is 0 Å². The van der Waals surface area contributed by atoms with Crippen LogP contribution in [0.3, 0.4) is 0 Å². The van der Waals surface area contributed by atoms with Crippen LogP contribution in [0.15, 0.2) is 30.7 Å². The van der Waals surface area contributed by atoms with Crippen molar-refractivity contribution in [3.63, 3.8) is 0 Å². The second kappa shape index (κ2) is 6.52. The molecule has 3 aromatic rings. The van der Waals surface area contributed by atoms with Gasteiger partial charge in [-0.1, -0.05) is 6.07 Å². The fourth-order valence-corrected chi connectivity index (χ4v) is 5.43. The Morgan fingerprint density at radius 3 is 2.79 bits per heavy atom. The summed E-state index contributed by atoms with van der Waals surface area (Å²) in [4.78, 5) is 8.46. The molecule has 0 bridgehead atoms. The number of methoxy groups -OCH3 is 1. The molecule has 2 aromatic heterocycles. The molecule has 3 heterocycles. The fourth-order valence-electron chi connectivity index (χ4n) is 2.59. The van der Waals surface area contributed by atoms with Crippen molar-refractivity contribution < 1.29 is 9.47 Å². The van der Waals surface area contributed by atoms with Gasteiger partial charge in [-0.15, -0.1) is 23.5 Å². The van der Waals surface area contributed by atoms with Gasteiger partial charge in [0.05, 0.1) is 17.9 Å². The van der Waals surface area contributed by atoms with E-state index in [0.29, 0.717) is 22.0 Å². The molecule has 0 unspecified atom stereocenters. The third kappa shape index (κ3) is 2.80. The minimum absolute atomic E-state index is 0.469. The Balaban J connectivity index is 1.68. The van der Waals surface area contributed by atoms with Crippen LogP contribution in [0.2, 0.25) is 0 Å². The molecule has 0 radical (unpaired) electrons. The van der Waals surface area contributed by atoms with Crippen LogP contribution in [0.1, 0.15) is 10.1 Å². The van der Waals surface area contributed by atoms with E-state index in [1.54, 1.807) is 18.0 Å². The van der Waals surface area contributed by atoms with Crippen LogP contribution < -0.4 is 9.47 Å². The Bertz CT molecular complexity index is 878. The lowest BCUT2D eigenvalue weighted by Gasteiger charge is -2.14. The predicted molar refractivity (Wildman–Crippen MR) is 97.0 cm³/mol. The molecule has 0 N–H and O–H groups in total. The van der Waals surface area contributed by atoms with E-state index in [9.17, 15) is 0 Å². The van der Waals surface area contributed by atoms with E-state index in [1.807, 2.05) is 42.7 Å². The number of fused-ring (bicyclic) bond motifs is 1. The number of hydrogen-bond acceptors (Lipinski definition) is 7. The van der Waals surface area contributed by atoms with E-state index in [2.05, 4.69) is 21.1 Å². The van der Waals surface area contributed by atoms with Gasteiger partial charge in [0.1, 0.15) is 11.7 Å². The highest BCUT2D eigenvalue weighted by molar-refractivity contribution is 8.19. The van der Waals surface area contributed by atoms with E-state index in [0.717, 1.165) is 11.0 Å². The zero-order chi connectivity index (χ0) is 16.5. The summed E-state index contributed by atoms with van der Waals surface area (Å²) in [6, 6.07) is 6.08. The molecule has 1 fully saturated rings.